The number of carboxylic acids is 1. The maximum absolute atomic E-state index is 12.0. The fraction of sp³-hybridized carbons (Fsp3) is 0.188. The number of anilines is 1. The van der Waals surface area contributed by atoms with Crippen molar-refractivity contribution in [3.63, 3.8) is 0 Å². The second kappa shape index (κ2) is 7.09. The van der Waals surface area contributed by atoms with Gasteiger partial charge in [0.15, 0.2) is 0 Å². The molecule has 22 heavy (non-hydrogen) atoms. The molecule has 0 aliphatic rings. The monoisotopic (exact) mass is 316 g/mol. The van der Waals surface area contributed by atoms with E-state index in [2.05, 4.69) is 10.3 Å². The van der Waals surface area contributed by atoms with Crippen molar-refractivity contribution in [2.45, 2.75) is 18.9 Å². The van der Waals surface area contributed by atoms with Gasteiger partial charge in [-0.3, -0.25) is 4.79 Å². The van der Waals surface area contributed by atoms with Gasteiger partial charge in [0.25, 0.3) is 0 Å². The summed E-state index contributed by atoms with van der Waals surface area (Å²) in [5.74, 6) is -1.15. The van der Waals surface area contributed by atoms with Crippen LogP contribution in [0.15, 0.2) is 41.6 Å². The highest BCUT2D eigenvalue weighted by atomic mass is 32.2. The van der Waals surface area contributed by atoms with Crippen LogP contribution in [-0.2, 0) is 4.79 Å². The number of aromatic carboxylic acids is 1. The maximum atomic E-state index is 12.0. The van der Waals surface area contributed by atoms with Crippen LogP contribution >= 0.6 is 11.8 Å². The van der Waals surface area contributed by atoms with E-state index in [0.29, 0.717) is 5.03 Å². The fourth-order valence-electron chi connectivity index (χ4n) is 1.82. The smallest absolute Gasteiger partial charge is 0.338 e. The largest absolute Gasteiger partial charge is 0.478 e. The van der Waals surface area contributed by atoms with E-state index in [1.54, 1.807) is 6.07 Å². The van der Waals surface area contributed by atoms with Crippen molar-refractivity contribution in [3.8, 4) is 0 Å². The number of aromatic nitrogens is 1. The van der Waals surface area contributed by atoms with Crippen molar-refractivity contribution in [3.05, 3.63) is 53.2 Å². The van der Waals surface area contributed by atoms with E-state index in [0.717, 1.165) is 28.6 Å². The van der Waals surface area contributed by atoms with Crippen molar-refractivity contribution in [1.82, 2.24) is 4.98 Å². The molecule has 2 N–H and O–H groups in total. The third kappa shape index (κ3) is 4.08. The van der Waals surface area contributed by atoms with Gasteiger partial charge in [-0.1, -0.05) is 17.8 Å². The predicted molar refractivity (Wildman–Crippen MR) is 86.5 cm³/mol. The first-order valence-corrected chi connectivity index (χ1v) is 7.64. The highest BCUT2D eigenvalue weighted by Gasteiger charge is 2.13. The lowest BCUT2D eigenvalue weighted by atomic mass is 10.1. The Morgan fingerprint density at radius 1 is 1.23 bits per heavy atom. The summed E-state index contributed by atoms with van der Waals surface area (Å²) in [4.78, 5) is 27.0. The van der Waals surface area contributed by atoms with Gasteiger partial charge in [-0.15, -0.1) is 0 Å². The molecule has 0 radical (unpaired) electrons. The van der Waals surface area contributed by atoms with Crippen LogP contribution < -0.4 is 5.32 Å². The number of benzene rings is 1. The van der Waals surface area contributed by atoms with Gasteiger partial charge >= 0.3 is 5.97 Å². The van der Waals surface area contributed by atoms with Crippen molar-refractivity contribution in [2.24, 2.45) is 0 Å². The van der Waals surface area contributed by atoms with Crippen LogP contribution in [-0.4, -0.2) is 27.7 Å². The first kappa shape index (κ1) is 16.0. The molecule has 0 unspecified atom stereocenters. The number of thioether (sulfide) groups is 1. The van der Waals surface area contributed by atoms with Gasteiger partial charge in [0.2, 0.25) is 5.91 Å². The van der Waals surface area contributed by atoms with E-state index in [4.69, 9.17) is 5.11 Å². The SMILES string of the molecule is Cc1ccc(NC(=O)CSc2ncccc2C(=O)O)cc1C. The Hall–Kier alpha value is -2.34. The highest BCUT2D eigenvalue weighted by molar-refractivity contribution is 8.00. The van der Waals surface area contributed by atoms with Gasteiger partial charge in [-0.05, 0) is 49.2 Å². The summed E-state index contributed by atoms with van der Waals surface area (Å²) in [6.45, 7) is 3.98. The fourth-order valence-corrected chi connectivity index (χ4v) is 2.60. The number of carboxylic acid groups (broad SMARTS) is 1. The lowest BCUT2D eigenvalue weighted by molar-refractivity contribution is -0.113. The van der Waals surface area contributed by atoms with E-state index in [-0.39, 0.29) is 17.2 Å². The van der Waals surface area contributed by atoms with Crippen LogP contribution in [0.4, 0.5) is 5.69 Å². The topological polar surface area (TPSA) is 79.3 Å². The van der Waals surface area contributed by atoms with Crippen LogP contribution in [0.25, 0.3) is 0 Å². The average Bonchev–Trinajstić information content (AvgIpc) is 2.49. The summed E-state index contributed by atoms with van der Waals surface area (Å²) >= 11 is 1.11. The number of pyridine rings is 1. The molecule has 0 fully saturated rings. The van der Waals surface area contributed by atoms with Crippen LogP contribution in [0.1, 0.15) is 21.5 Å². The maximum Gasteiger partial charge on any atom is 0.338 e. The summed E-state index contributed by atoms with van der Waals surface area (Å²) in [6.07, 6.45) is 1.51. The van der Waals surface area contributed by atoms with E-state index in [1.807, 2.05) is 32.0 Å². The lowest BCUT2D eigenvalue weighted by Gasteiger charge is -2.08. The van der Waals surface area contributed by atoms with Crippen molar-refractivity contribution < 1.29 is 14.7 Å². The molecule has 2 aromatic rings. The molecular weight excluding hydrogens is 300 g/mol. The number of carbonyl (C=O) groups is 2. The minimum absolute atomic E-state index is 0.101. The summed E-state index contributed by atoms with van der Waals surface area (Å²) in [7, 11) is 0. The quantitative estimate of drug-likeness (QED) is 0.829. The minimum atomic E-state index is -1.05. The zero-order valence-electron chi connectivity index (χ0n) is 12.3. The van der Waals surface area contributed by atoms with E-state index < -0.39 is 5.97 Å². The van der Waals surface area contributed by atoms with Gasteiger partial charge in [0.1, 0.15) is 5.03 Å². The van der Waals surface area contributed by atoms with Crippen molar-refractivity contribution in [2.75, 3.05) is 11.1 Å². The normalized spacial score (nSPS) is 10.3. The number of carbonyl (C=O) groups excluding carboxylic acids is 1. The Labute approximate surface area is 132 Å². The highest BCUT2D eigenvalue weighted by Crippen LogP contribution is 2.20. The standard InChI is InChI=1S/C16H16N2O3S/c1-10-5-6-12(8-11(10)2)18-14(19)9-22-15-13(16(20)21)4-3-7-17-15/h3-8H,9H2,1-2H3,(H,18,19)(H,20,21). The molecule has 6 heteroatoms. The second-order valence-corrected chi connectivity index (χ2v) is 5.76. The second-order valence-electron chi connectivity index (χ2n) is 4.80. The van der Waals surface area contributed by atoms with Crippen LogP contribution in [0, 0.1) is 13.8 Å². The first-order valence-electron chi connectivity index (χ1n) is 6.65. The molecule has 1 heterocycles. The first-order chi connectivity index (χ1) is 10.5. The molecule has 0 saturated carbocycles. The van der Waals surface area contributed by atoms with Crippen molar-refractivity contribution in [1.29, 1.82) is 0 Å². The summed E-state index contributed by atoms with van der Waals surface area (Å²) < 4.78 is 0. The van der Waals surface area contributed by atoms with E-state index >= 15 is 0 Å². The summed E-state index contributed by atoms with van der Waals surface area (Å²) in [5, 5.41) is 12.2. The zero-order valence-corrected chi connectivity index (χ0v) is 13.1. The van der Waals surface area contributed by atoms with Crippen LogP contribution in [0.3, 0.4) is 0 Å². The molecular formula is C16H16N2O3S. The molecule has 0 bridgehead atoms. The number of hydrogen-bond acceptors (Lipinski definition) is 4. The number of aryl methyl sites for hydroxylation is 2. The Morgan fingerprint density at radius 3 is 2.68 bits per heavy atom. The number of rotatable bonds is 5. The Morgan fingerprint density at radius 2 is 2.00 bits per heavy atom. The Bertz CT molecular complexity index is 716. The molecule has 1 aromatic heterocycles. The molecule has 2 rings (SSSR count). The number of amides is 1. The van der Waals surface area contributed by atoms with Crippen LogP contribution in [0.5, 0.6) is 0 Å². The van der Waals surface area contributed by atoms with Gasteiger partial charge in [0.05, 0.1) is 11.3 Å². The molecule has 114 valence electrons. The number of nitrogens with one attached hydrogen (secondary N) is 1. The predicted octanol–water partition coefficient (Wildman–Crippen LogP) is 3.13. The molecule has 1 amide bonds. The molecule has 0 aliphatic heterocycles. The molecule has 1 aromatic carbocycles. The van der Waals surface area contributed by atoms with Gasteiger partial charge in [-0.25, -0.2) is 9.78 Å². The van der Waals surface area contributed by atoms with E-state index in [1.165, 1.54) is 12.3 Å². The lowest BCUT2D eigenvalue weighted by Crippen LogP contribution is -2.14. The average molecular weight is 316 g/mol. The summed E-state index contributed by atoms with van der Waals surface area (Å²) in [5.41, 5.74) is 3.09. The third-order valence-electron chi connectivity index (χ3n) is 3.13. The molecule has 5 nitrogen and oxygen atoms in total. The van der Waals surface area contributed by atoms with Crippen LogP contribution in [0.2, 0.25) is 0 Å². The Balaban J connectivity index is 1.98. The molecule has 0 spiro atoms. The molecule has 0 saturated heterocycles. The Kier molecular flexibility index (Phi) is 5.16. The molecule has 0 atom stereocenters. The minimum Gasteiger partial charge on any atom is -0.478 e. The zero-order chi connectivity index (χ0) is 16.1. The summed E-state index contributed by atoms with van der Waals surface area (Å²) in [6, 6.07) is 8.72. The molecule has 0 aliphatic carbocycles. The van der Waals surface area contributed by atoms with Gasteiger partial charge in [-0.2, -0.15) is 0 Å². The number of hydrogen-bond donors (Lipinski definition) is 2. The third-order valence-corrected chi connectivity index (χ3v) is 4.14. The van der Waals surface area contributed by atoms with Crippen molar-refractivity contribution >= 4 is 29.3 Å². The number of nitrogens with zero attached hydrogens (tertiary/aromatic N) is 1. The van der Waals surface area contributed by atoms with Gasteiger partial charge in [0, 0.05) is 11.9 Å². The van der Waals surface area contributed by atoms with Gasteiger partial charge < -0.3 is 10.4 Å². The van der Waals surface area contributed by atoms with E-state index in [9.17, 15) is 9.59 Å².